The molecule has 4 heteroatoms. The van der Waals surface area contributed by atoms with Crippen LogP contribution in [0.1, 0.15) is 31.2 Å². The van der Waals surface area contributed by atoms with Crippen molar-refractivity contribution >= 4 is 11.6 Å². The second kappa shape index (κ2) is 5.87. The molecule has 4 nitrogen and oxygen atoms in total. The highest BCUT2D eigenvalue weighted by molar-refractivity contribution is 5.77. The van der Waals surface area contributed by atoms with Crippen LogP contribution in [0.4, 0.5) is 5.69 Å². The van der Waals surface area contributed by atoms with E-state index in [1.807, 2.05) is 24.3 Å². The van der Waals surface area contributed by atoms with Gasteiger partial charge in [0.15, 0.2) is 0 Å². The molecule has 1 saturated heterocycles. The van der Waals surface area contributed by atoms with Crippen molar-refractivity contribution in [2.24, 2.45) is 0 Å². The average Bonchev–Trinajstić information content (AvgIpc) is 2.82. The van der Waals surface area contributed by atoms with Crippen molar-refractivity contribution in [1.29, 1.82) is 0 Å². The Kier molecular flexibility index (Phi) is 4.20. The number of amides is 1. The number of carbonyl (C=O) groups excluding carboxylic acids is 1. The molecule has 1 aromatic carbocycles. The molecule has 0 saturated carbocycles. The van der Waals surface area contributed by atoms with Crippen LogP contribution in [-0.4, -0.2) is 25.2 Å². The molecule has 0 radical (unpaired) electrons. The van der Waals surface area contributed by atoms with Gasteiger partial charge in [0.2, 0.25) is 5.91 Å². The van der Waals surface area contributed by atoms with Crippen molar-refractivity contribution in [2.45, 2.75) is 31.7 Å². The molecule has 2 rings (SSSR count). The second-order valence-electron chi connectivity index (χ2n) is 4.90. The maximum atomic E-state index is 11.9. The number of ether oxygens (including phenoxy) is 1. The number of nitrogen functional groups attached to an aromatic ring is 1. The highest BCUT2D eigenvalue weighted by atomic mass is 16.5. The van der Waals surface area contributed by atoms with Gasteiger partial charge in [-0.15, -0.1) is 0 Å². The van der Waals surface area contributed by atoms with Crippen LogP contribution in [0.25, 0.3) is 0 Å². The van der Waals surface area contributed by atoms with Gasteiger partial charge < -0.3 is 15.8 Å². The second-order valence-corrected chi connectivity index (χ2v) is 4.90. The van der Waals surface area contributed by atoms with E-state index in [4.69, 9.17) is 10.5 Å². The third kappa shape index (κ3) is 3.47. The number of carbonyl (C=O) groups is 1. The zero-order valence-corrected chi connectivity index (χ0v) is 10.7. The van der Waals surface area contributed by atoms with Gasteiger partial charge in [0.1, 0.15) is 0 Å². The highest BCUT2D eigenvalue weighted by Gasteiger charge is 2.19. The first-order valence-corrected chi connectivity index (χ1v) is 6.37. The topological polar surface area (TPSA) is 64.3 Å². The monoisotopic (exact) mass is 248 g/mol. The molecule has 2 atom stereocenters. The summed E-state index contributed by atoms with van der Waals surface area (Å²) in [6.07, 6.45) is 1.42. The Morgan fingerprint density at radius 3 is 2.83 bits per heavy atom. The standard InChI is InChI=1S/C14H20N2O2/c1-10(11-2-4-12(15)5-3-11)8-14(17)16-13-6-7-18-9-13/h2-5,10,13H,6-9,15H2,1H3,(H,16,17). The summed E-state index contributed by atoms with van der Waals surface area (Å²) in [7, 11) is 0. The number of nitrogens with two attached hydrogens (primary N) is 1. The first kappa shape index (κ1) is 12.9. The Morgan fingerprint density at radius 1 is 1.50 bits per heavy atom. The predicted octanol–water partition coefficient (Wildman–Crippen LogP) is 1.67. The van der Waals surface area contributed by atoms with Gasteiger partial charge in [-0.05, 0) is 30.0 Å². The van der Waals surface area contributed by atoms with E-state index in [-0.39, 0.29) is 17.9 Å². The molecule has 1 amide bonds. The van der Waals surface area contributed by atoms with Crippen LogP contribution >= 0.6 is 0 Å². The molecule has 0 spiro atoms. The van der Waals surface area contributed by atoms with E-state index in [0.717, 1.165) is 24.3 Å². The van der Waals surface area contributed by atoms with Crippen LogP contribution in [-0.2, 0) is 9.53 Å². The molecule has 1 fully saturated rings. The van der Waals surface area contributed by atoms with Gasteiger partial charge in [-0.2, -0.15) is 0 Å². The molecular weight excluding hydrogens is 228 g/mol. The Labute approximate surface area is 108 Å². The molecule has 3 N–H and O–H groups in total. The zero-order chi connectivity index (χ0) is 13.0. The number of benzene rings is 1. The number of rotatable bonds is 4. The van der Waals surface area contributed by atoms with Crippen molar-refractivity contribution in [3.8, 4) is 0 Å². The molecule has 1 aliphatic rings. The minimum atomic E-state index is 0.0924. The molecule has 0 bridgehead atoms. The summed E-state index contributed by atoms with van der Waals surface area (Å²) < 4.78 is 5.23. The molecule has 1 heterocycles. The lowest BCUT2D eigenvalue weighted by atomic mass is 9.97. The quantitative estimate of drug-likeness (QED) is 0.797. The fourth-order valence-electron chi connectivity index (χ4n) is 2.16. The number of nitrogens with one attached hydrogen (secondary N) is 1. The van der Waals surface area contributed by atoms with E-state index in [1.165, 1.54) is 0 Å². The van der Waals surface area contributed by atoms with E-state index >= 15 is 0 Å². The lowest BCUT2D eigenvalue weighted by molar-refractivity contribution is -0.122. The summed E-state index contributed by atoms with van der Waals surface area (Å²) in [4.78, 5) is 11.9. The van der Waals surface area contributed by atoms with Crippen molar-refractivity contribution in [3.05, 3.63) is 29.8 Å². The van der Waals surface area contributed by atoms with Gasteiger partial charge in [-0.3, -0.25) is 4.79 Å². The first-order valence-electron chi connectivity index (χ1n) is 6.37. The van der Waals surface area contributed by atoms with Crippen LogP contribution in [0.3, 0.4) is 0 Å². The summed E-state index contributed by atoms with van der Waals surface area (Å²) in [5.74, 6) is 0.294. The SMILES string of the molecule is CC(CC(=O)NC1CCOC1)c1ccc(N)cc1. The Balaban J connectivity index is 1.84. The van der Waals surface area contributed by atoms with Gasteiger partial charge in [0.25, 0.3) is 0 Å². The highest BCUT2D eigenvalue weighted by Crippen LogP contribution is 2.20. The van der Waals surface area contributed by atoms with Crippen LogP contribution in [0.5, 0.6) is 0 Å². The normalized spacial score (nSPS) is 20.6. The van der Waals surface area contributed by atoms with Crippen molar-refractivity contribution in [2.75, 3.05) is 18.9 Å². The first-order chi connectivity index (χ1) is 8.65. The molecular formula is C14H20N2O2. The summed E-state index contributed by atoms with van der Waals surface area (Å²) in [6, 6.07) is 7.89. The minimum absolute atomic E-state index is 0.0924. The van der Waals surface area contributed by atoms with Crippen LogP contribution in [0, 0.1) is 0 Å². The van der Waals surface area contributed by atoms with Crippen LogP contribution < -0.4 is 11.1 Å². The predicted molar refractivity (Wildman–Crippen MR) is 71.3 cm³/mol. The van der Waals surface area contributed by atoms with Crippen molar-refractivity contribution in [1.82, 2.24) is 5.32 Å². The van der Waals surface area contributed by atoms with Crippen molar-refractivity contribution < 1.29 is 9.53 Å². The van der Waals surface area contributed by atoms with E-state index < -0.39 is 0 Å². The third-order valence-corrected chi connectivity index (χ3v) is 3.29. The van der Waals surface area contributed by atoms with Gasteiger partial charge >= 0.3 is 0 Å². The Hall–Kier alpha value is -1.55. The zero-order valence-electron chi connectivity index (χ0n) is 10.7. The maximum absolute atomic E-state index is 11.9. The number of hydrogen-bond acceptors (Lipinski definition) is 3. The van der Waals surface area contributed by atoms with Gasteiger partial charge in [-0.25, -0.2) is 0 Å². The van der Waals surface area contributed by atoms with Crippen molar-refractivity contribution in [3.63, 3.8) is 0 Å². The molecule has 0 aliphatic carbocycles. The largest absolute Gasteiger partial charge is 0.399 e. The van der Waals surface area contributed by atoms with E-state index in [0.29, 0.717) is 13.0 Å². The third-order valence-electron chi connectivity index (χ3n) is 3.29. The minimum Gasteiger partial charge on any atom is -0.399 e. The fourth-order valence-corrected chi connectivity index (χ4v) is 2.16. The van der Waals surface area contributed by atoms with Crippen LogP contribution in [0.15, 0.2) is 24.3 Å². The number of anilines is 1. The number of hydrogen-bond donors (Lipinski definition) is 2. The Morgan fingerprint density at radius 2 is 2.22 bits per heavy atom. The molecule has 1 aromatic rings. The summed E-state index contributed by atoms with van der Waals surface area (Å²) in [5.41, 5.74) is 7.53. The van der Waals surface area contributed by atoms with Gasteiger partial charge in [-0.1, -0.05) is 19.1 Å². The smallest absolute Gasteiger partial charge is 0.220 e. The molecule has 98 valence electrons. The summed E-state index contributed by atoms with van der Waals surface area (Å²) in [5, 5.41) is 3.00. The van der Waals surface area contributed by atoms with E-state index in [9.17, 15) is 4.79 Å². The maximum Gasteiger partial charge on any atom is 0.220 e. The molecule has 0 aromatic heterocycles. The fraction of sp³-hybridized carbons (Fsp3) is 0.500. The molecule has 18 heavy (non-hydrogen) atoms. The van der Waals surface area contributed by atoms with Crippen LogP contribution in [0.2, 0.25) is 0 Å². The summed E-state index contributed by atoms with van der Waals surface area (Å²) >= 11 is 0. The van der Waals surface area contributed by atoms with Gasteiger partial charge in [0, 0.05) is 18.7 Å². The molecule has 1 aliphatic heterocycles. The van der Waals surface area contributed by atoms with E-state index in [2.05, 4.69) is 12.2 Å². The van der Waals surface area contributed by atoms with E-state index in [1.54, 1.807) is 0 Å². The lowest BCUT2D eigenvalue weighted by Crippen LogP contribution is -2.35. The summed E-state index contributed by atoms with van der Waals surface area (Å²) in [6.45, 7) is 3.44. The van der Waals surface area contributed by atoms with Gasteiger partial charge in [0.05, 0.1) is 12.6 Å². The molecule has 2 unspecified atom stereocenters. The Bertz CT molecular complexity index is 397. The lowest BCUT2D eigenvalue weighted by Gasteiger charge is -2.15. The average molecular weight is 248 g/mol.